The summed E-state index contributed by atoms with van der Waals surface area (Å²) in [5.74, 6) is -3.74. The van der Waals surface area contributed by atoms with Gasteiger partial charge in [0.05, 0.1) is 43.6 Å². The van der Waals surface area contributed by atoms with E-state index in [9.17, 15) is 29.6 Å². The van der Waals surface area contributed by atoms with Gasteiger partial charge in [-0.15, -0.1) is 0 Å². The van der Waals surface area contributed by atoms with Gasteiger partial charge in [-0.2, -0.15) is 5.10 Å². The lowest BCUT2D eigenvalue weighted by atomic mass is 10.0. The van der Waals surface area contributed by atoms with Gasteiger partial charge in [-0.3, -0.25) is 10.1 Å². The van der Waals surface area contributed by atoms with Crippen molar-refractivity contribution in [1.82, 2.24) is 9.78 Å². The molecule has 3 rings (SSSR count). The Morgan fingerprint density at radius 3 is 2.22 bits per heavy atom. The topological polar surface area (TPSA) is 169 Å². The molecule has 0 aliphatic heterocycles. The van der Waals surface area contributed by atoms with E-state index in [0.717, 1.165) is 31.0 Å². The number of nitro groups is 1. The van der Waals surface area contributed by atoms with Crippen molar-refractivity contribution in [2.45, 2.75) is 13.0 Å². The van der Waals surface area contributed by atoms with Crippen molar-refractivity contribution in [2.75, 3.05) is 21.3 Å². The minimum Gasteiger partial charge on any atom is -0.493 e. The highest BCUT2D eigenvalue weighted by molar-refractivity contribution is 6.07. The lowest BCUT2D eigenvalue weighted by molar-refractivity contribution is -0.384. The van der Waals surface area contributed by atoms with E-state index in [1.165, 1.54) is 14.0 Å². The summed E-state index contributed by atoms with van der Waals surface area (Å²) in [5, 5.41) is 25.4. The second-order valence-electron chi connectivity index (χ2n) is 7.18. The molecule has 0 amide bonds. The van der Waals surface area contributed by atoms with Gasteiger partial charge >= 0.3 is 17.9 Å². The molecular weight excluding hydrogens is 478 g/mol. The van der Waals surface area contributed by atoms with Crippen LogP contribution in [0, 0.1) is 10.1 Å². The van der Waals surface area contributed by atoms with Gasteiger partial charge in [0.2, 0.25) is 0 Å². The molecule has 0 aliphatic rings. The predicted octanol–water partition coefficient (Wildman–Crippen LogP) is 2.88. The molecule has 188 valence electrons. The van der Waals surface area contributed by atoms with E-state index in [0.29, 0.717) is 5.69 Å². The number of para-hydroxylation sites is 1. The van der Waals surface area contributed by atoms with Crippen LogP contribution in [0.25, 0.3) is 16.9 Å². The van der Waals surface area contributed by atoms with Crippen LogP contribution < -0.4 is 9.47 Å². The number of carboxylic acids is 1. The van der Waals surface area contributed by atoms with Gasteiger partial charge in [0.15, 0.2) is 23.3 Å². The largest absolute Gasteiger partial charge is 0.493 e. The summed E-state index contributed by atoms with van der Waals surface area (Å²) < 4.78 is 21.7. The zero-order valence-electron chi connectivity index (χ0n) is 19.6. The molecule has 0 fully saturated rings. The van der Waals surface area contributed by atoms with Gasteiger partial charge in [0.1, 0.15) is 11.3 Å². The fourth-order valence-corrected chi connectivity index (χ4v) is 3.31. The second kappa shape index (κ2) is 10.5. The van der Waals surface area contributed by atoms with Crippen LogP contribution in [0.5, 0.6) is 11.5 Å². The minimum atomic E-state index is -1.42. The molecule has 0 spiro atoms. The number of aliphatic carboxylic acids is 1. The van der Waals surface area contributed by atoms with Crippen LogP contribution >= 0.6 is 0 Å². The molecule has 0 aliphatic carbocycles. The van der Waals surface area contributed by atoms with Crippen LogP contribution in [0.15, 0.2) is 42.5 Å². The lowest BCUT2D eigenvalue weighted by Crippen LogP contribution is -2.23. The number of aromatic nitrogens is 2. The number of esters is 2. The molecule has 1 unspecified atom stereocenters. The van der Waals surface area contributed by atoms with Gasteiger partial charge in [-0.1, -0.05) is 18.2 Å². The van der Waals surface area contributed by atoms with Gasteiger partial charge in [0, 0.05) is 6.07 Å². The molecule has 3 aromatic rings. The summed E-state index contributed by atoms with van der Waals surface area (Å²) in [6.07, 6.45) is -1.42. The van der Waals surface area contributed by atoms with Crippen molar-refractivity contribution >= 4 is 23.6 Å². The highest BCUT2D eigenvalue weighted by Crippen LogP contribution is 2.44. The summed E-state index contributed by atoms with van der Waals surface area (Å²) >= 11 is 0. The van der Waals surface area contributed by atoms with E-state index in [1.54, 1.807) is 30.3 Å². The Kier molecular flexibility index (Phi) is 7.52. The summed E-state index contributed by atoms with van der Waals surface area (Å²) in [5.41, 5.74) is -1.28. The zero-order valence-corrected chi connectivity index (χ0v) is 19.6. The zero-order chi connectivity index (χ0) is 26.6. The fourth-order valence-electron chi connectivity index (χ4n) is 3.31. The molecule has 0 radical (unpaired) electrons. The maximum absolute atomic E-state index is 12.9. The quantitative estimate of drug-likeness (QED) is 0.261. The summed E-state index contributed by atoms with van der Waals surface area (Å²) in [6.45, 7) is 1.23. The minimum absolute atomic E-state index is 0.186. The number of ether oxygens (including phenoxy) is 4. The molecule has 36 heavy (non-hydrogen) atoms. The Bertz CT molecular complexity index is 1330. The number of rotatable bonds is 9. The van der Waals surface area contributed by atoms with E-state index in [2.05, 4.69) is 5.10 Å². The number of hydrogen-bond donors (Lipinski definition) is 1. The smallest absolute Gasteiger partial charge is 0.357 e. The van der Waals surface area contributed by atoms with Crippen LogP contribution in [0.2, 0.25) is 0 Å². The van der Waals surface area contributed by atoms with E-state index in [4.69, 9.17) is 18.9 Å². The third-order valence-corrected chi connectivity index (χ3v) is 5.02. The Morgan fingerprint density at radius 1 is 1.06 bits per heavy atom. The second-order valence-corrected chi connectivity index (χ2v) is 7.18. The van der Waals surface area contributed by atoms with E-state index in [-0.39, 0.29) is 34.0 Å². The lowest BCUT2D eigenvalue weighted by Gasteiger charge is -2.17. The summed E-state index contributed by atoms with van der Waals surface area (Å²) in [6, 6.07) is 10.3. The van der Waals surface area contributed by atoms with Gasteiger partial charge < -0.3 is 24.1 Å². The van der Waals surface area contributed by atoms with E-state index in [1.807, 2.05) is 0 Å². The van der Waals surface area contributed by atoms with Crippen molar-refractivity contribution in [3.8, 4) is 28.4 Å². The highest BCUT2D eigenvalue weighted by Gasteiger charge is 2.35. The van der Waals surface area contributed by atoms with Crippen LogP contribution in [-0.4, -0.2) is 65.2 Å². The molecular formula is C23H21N3O10. The number of hydrogen-bond acceptors (Lipinski definition) is 10. The number of carbonyl (C=O) groups is 3. The van der Waals surface area contributed by atoms with Gasteiger partial charge in [-0.05, 0) is 19.1 Å². The molecule has 1 N–H and O–H groups in total. The molecule has 0 bridgehead atoms. The van der Waals surface area contributed by atoms with Crippen LogP contribution in [0.1, 0.15) is 27.8 Å². The predicted molar refractivity (Wildman–Crippen MR) is 123 cm³/mol. The highest BCUT2D eigenvalue weighted by atomic mass is 16.6. The fraction of sp³-hybridized carbons (Fsp3) is 0.217. The number of nitrogens with zero attached hydrogens (tertiary/aromatic N) is 3. The molecule has 2 aromatic carbocycles. The normalized spacial score (nSPS) is 11.3. The molecule has 0 saturated heterocycles. The number of nitro benzene ring substituents is 1. The first kappa shape index (κ1) is 25.7. The molecule has 1 aromatic heterocycles. The number of non-ortho nitro benzene ring substituents is 1. The summed E-state index contributed by atoms with van der Waals surface area (Å²) in [4.78, 5) is 48.1. The standard InChI is InChI=1S/C23H21N3O10/c1-12(21(27)28)36-20-15(10-14(26(31)32)11-16(20)33-2)18-17(22(29)34-3)19(23(30)35-4)25(24-18)13-8-6-5-7-9-13/h5-12H,1-4H3,(H,27,28). The maximum atomic E-state index is 12.9. The Morgan fingerprint density at radius 2 is 1.69 bits per heavy atom. The third-order valence-electron chi connectivity index (χ3n) is 5.02. The average molecular weight is 499 g/mol. The number of carboxylic acid groups (broad SMARTS) is 1. The van der Waals surface area contributed by atoms with Crippen molar-refractivity contribution in [3.05, 3.63) is 63.8 Å². The molecule has 13 heteroatoms. The van der Waals surface area contributed by atoms with Gasteiger partial charge in [0.25, 0.3) is 5.69 Å². The van der Waals surface area contributed by atoms with Crippen molar-refractivity contribution in [1.29, 1.82) is 0 Å². The first-order valence-corrected chi connectivity index (χ1v) is 10.3. The average Bonchev–Trinajstić information content (AvgIpc) is 3.28. The van der Waals surface area contributed by atoms with E-state index >= 15 is 0 Å². The van der Waals surface area contributed by atoms with Crippen LogP contribution in [0.4, 0.5) is 5.69 Å². The third kappa shape index (κ3) is 4.80. The SMILES string of the molecule is COC(=O)c1c(-c2cc([N+](=O)[O-])cc(OC)c2OC(C)C(=O)O)nn(-c2ccccc2)c1C(=O)OC. The van der Waals surface area contributed by atoms with E-state index < -0.39 is 34.6 Å². The van der Waals surface area contributed by atoms with Crippen LogP contribution in [0.3, 0.4) is 0 Å². The monoisotopic (exact) mass is 499 g/mol. The Labute approximate surface area is 203 Å². The Balaban J connectivity index is 2.49. The number of benzene rings is 2. The number of carbonyl (C=O) groups excluding carboxylic acids is 2. The molecule has 1 atom stereocenters. The van der Waals surface area contributed by atoms with Crippen molar-refractivity contribution in [2.24, 2.45) is 0 Å². The molecule has 1 heterocycles. The maximum Gasteiger partial charge on any atom is 0.357 e. The van der Waals surface area contributed by atoms with Crippen molar-refractivity contribution in [3.63, 3.8) is 0 Å². The Hall–Kier alpha value is -4.94. The molecule has 13 nitrogen and oxygen atoms in total. The van der Waals surface area contributed by atoms with Crippen LogP contribution in [-0.2, 0) is 14.3 Å². The summed E-state index contributed by atoms with van der Waals surface area (Å²) in [7, 11) is 3.38. The first-order valence-electron chi connectivity index (χ1n) is 10.3. The van der Waals surface area contributed by atoms with Crippen molar-refractivity contribution < 1.29 is 43.4 Å². The number of methoxy groups -OCH3 is 3. The van der Waals surface area contributed by atoms with Gasteiger partial charge in [-0.25, -0.2) is 19.1 Å². The molecule has 0 saturated carbocycles. The first-order chi connectivity index (χ1) is 17.1.